The molecule has 144 valence electrons. The van der Waals surface area contributed by atoms with Gasteiger partial charge >= 0.3 is 0 Å². The number of anilines is 1. The molecule has 2 aliphatic heterocycles. The summed E-state index contributed by atoms with van der Waals surface area (Å²) in [7, 11) is 0. The molecule has 0 bridgehead atoms. The summed E-state index contributed by atoms with van der Waals surface area (Å²) in [5.41, 5.74) is 0.697. The molecule has 1 saturated heterocycles. The van der Waals surface area contributed by atoms with Crippen molar-refractivity contribution in [3.05, 3.63) is 42.5 Å². The molecule has 27 heavy (non-hydrogen) atoms. The Balaban J connectivity index is 0.00000210. The number of fused-ring (bicyclic) bond motifs is 1. The third-order valence-electron chi connectivity index (χ3n) is 4.09. The zero-order valence-electron chi connectivity index (χ0n) is 14.6. The molecule has 0 radical (unpaired) electrons. The van der Waals surface area contributed by atoms with Crippen LogP contribution in [0.4, 0.5) is 5.69 Å². The van der Waals surface area contributed by atoms with Crippen molar-refractivity contribution in [2.45, 2.75) is 15.9 Å². The molecule has 2 heterocycles. The van der Waals surface area contributed by atoms with Gasteiger partial charge in [0.25, 0.3) is 5.91 Å². The first-order valence-corrected chi connectivity index (χ1v) is 9.41. The molecule has 2 aromatic carbocycles. The summed E-state index contributed by atoms with van der Waals surface area (Å²) >= 11 is 1.57. The maximum Gasteiger partial charge on any atom is 0.254 e. The zero-order valence-corrected chi connectivity index (χ0v) is 16.2. The van der Waals surface area contributed by atoms with Gasteiger partial charge in [-0.3, -0.25) is 4.79 Å². The van der Waals surface area contributed by atoms with Gasteiger partial charge in [0, 0.05) is 35.0 Å². The molecule has 0 aromatic heterocycles. The van der Waals surface area contributed by atoms with E-state index < -0.39 is 6.10 Å². The molecule has 1 fully saturated rings. The second kappa shape index (κ2) is 9.32. The summed E-state index contributed by atoms with van der Waals surface area (Å²) < 4.78 is 16.9. The Kier molecular flexibility index (Phi) is 6.84. The largest absolute Gasteiger partial charge is 0.486 e. The van der Waals surface area contributed by atoms with Crippen LogP contribution in [0.1, 0.15) is 0 Å². The number of morpholine rings is 1. The quantitative estimate of drug-likeness (QED) is 0.810. The van der Waals surface area contributed by atoms with Gasteiger partial charge < -0.3 is 24.8 Å². The number of nitrogens with one attached hydrogen (secondary N) is 2. The first-order chi connectivity index (χ1) is 12.8. The lowest BCUT2D eigenvalue weighted by atomic mass is 10.2. The predicted octanol–water partition coefficient (Wildman–Crippen LogP) is 2.96. The van der Waals surface area contributed by atoms with E-state index in [4.69, 9.17) is 14.2 Å². The fraction of sp³-hybridized carbons (Fsp3) is 0.316. The summed E-state index contributed by atoms with van der Waals surface area (Å²) in [6, 6.07) is 13.8. The van der Waals surface area contributed by atoms with Crippen molar-refractivity contribution < 1.29 is 19.0 Å². The topological polar surface area (TPSA) is 68.8 Å². The van der Waals surface area contributed by atoms with Crippen molar-refractivity contribution in [2.75, 3.05) is 38.2 Å². The Morgan fingerprint density at radius 2 is 1.81 bits per heavy atom. The average molecular weight is 409 g/mol. The van der Waals surface area contributed by atoms with Crippen molar-refractivity contribution in [3.63, 3.8) is 0 Å². The van der Waals surface area contributed by atoms with E-state index in [0.717, 1.165) is 16.3 Å². The molecule has 4 rings (SSSR count). The van der Waals surface area contributed by atoms with E-state index in [1.165, 1.54) is 0 Å². The van der Waals surface area contributed by atoms with Crippen LogP contribution >= 0.6 is 24.2 Å². The number of halogens is 1. The van der Waals surface area contributed by atoms with Crippen LogP contribution in [0.15, 0.2) is 52.3 Å². The predicted molar refractivity (Wildman–Crippen MR) is 106 cm³/mol. The van der Waals surface area contributed by atoms with Crippen LogP contribution < -0.4 is 20.1 Å². The number of hydrogen-bond donors (Lipinski definition) is 2. The minimum atomic E-state index is -0.494. The zero-order chi connectivity index (χ0) is 17.8. The summed E-state index contributed by atoms with van der Waals surface area (Å²) in [6.07, 6.45) is -0.494. The smallest absolute Gasteiger partial charge is 0.254 e. The fourth-order valence-corrected chi connectivity index (χ4v) is 3.75. The number of amides is 1. The third kappa shape index (κ3) is 4.87. The van der Waals surface area contributed by atoms with E-state index in [-0.39, 0.29) is 18.3 Å². The van der Waals surface area contributed by atoms with E-state index in [2.05, 4.69) is 10.6 Å². The van der Waals surface area contributed by atoms with Crippen molar-refractivity contribution in [1.82, 2.24) is 5.32 Å². The summed E-state index contributed by atoms with van der Waals surface area (Å²) in [4.78, 5) is 14.6. The van der Waals surface area contributed by atoms with Gasteiger partial charge in [0.15, 0.2) is 11.5 Å². The SMILES string of the molecule is Cl.O=C(Nc1cc2c(cc1Sc1ccccc1)OCCO2)C1CNCCO1. The van der Waals surface area contributed by atoms with E-state index in [1.54, 1.807) is 11.8 Å². The van der Waals surface area contributed by atoms with E-state index in [1.807, 2.05) is 42.5 Å². The maximum absolute atomic E-state index is 12.6. The number of hydrogen-bond acceptors (Lipinski definition) is 6. The molecule has 0 saturated carbocycles. The number of carbonyl (C=O) groups excluding carboxylic acids is 1. The Morgan fingerprint density at radius 3 is 2.52 bits per heavy atom. The van der Waals surface area contributed by atoms with Gasteiger partial charge in [0.2, 0.25) is 0 Å². The second-order valence-electron chi connectivity index (χ2n) is 5.96. The molecule has 2 aromatic rings. The molecular weight excluding hydrogens is 388 g/mol. The fourth-order valence-electron chi connectivity index (χ4n) is 2.81. The first-order valence-electron chi connectivity index (χ1n) is 8.59. The lowest BCUT2D eigenvalue weighted by molar-refractivity contribution is -0.128. The highest BCUT2D eigenvalue weighted by Gasteiger charge is 2.24. The summed E-state index contributed by atoms with van der Waals surface area (Å²) in [5.74, 6) is 1.18. The number of benzene rings is 2. The Labute approximate surface area is 168 Å². The molecule has 2 N–H and O–H groups in total. The highest BCUT2D eigenvalue weighted by Crippen LogP contribution is 2.42. The van der Waals surface area contributed by atoms with Gasteiger partial charge in [-0.2, -0.15) is 0 Å². The Hall–Kier alpha value is -1.93. The van der Waals surface area contributed by atoms with Crippen LogP contribution in [0.25, 0.3) is 0 Å². The second-order valence-corrected chi connectivity index (χ2v) is 7.08. The van der Waals surface area contributed by atoms with Crippen molar-refractivity contribution >= 4 is 35.8 Å². The maximum atomic E-state index is 12.6. The molecule has 0 spiro atoms. The van der Waals surface area contributed by atoms with E-state index in [0.29, 0.717) is 43.6 Å². The normalized spacial score (nSPS) is 18.3. The van der Waals surface area contributed by atoms with Crippen LogP contribution in [0.5, 0.6) is 11.5 Å². The van der Waals surface area contributed by atoms with Crippen molar-refractivity contribution in [1.29, 1.82) is 0 Å². The number of carbonyl (C=O) groups is 1. The van der Waals surface area contributed by atoms with Gasteiger partial charge in [-0.05, 0) is 12.1 Å². The molecule has 1 unspecified atom stereocenters. The monoisotopic (exact) mass is 408 g/mol. The Morgan fingerprint density at radius 1 is 1.07 bits per heavy atom. The number of ether oxygens (including phenoxy) is 3. The third-order valence-corrected chi connectivity index (χ3v) is 5.16. The molecule has 1 atom stereocenters. The molecule has 2 aliphatic rings. The van der Waals surface area contributed by atoms with Crippen LogP contribution in [0, 0.1) is 0 Å². The van der Waals surface area contributed by atoms with Crippen molar-refractivity contribution in [2.24, 2.45) is 0 Å². The van der Waals surface area contributed by atoms with Gasteiger partial charge in [-0.15, -0.1) is 12.4 Å². The van der Waals surface area contributed by atoms with Crippen molar-refractivity contribution in [3.8, 4) is 11.5 Å². The molecule has 8 heteroatoms. The molecule has 6 nitrogen and oxygen atoms in total. The molecule has 1 amide bonds. The summed E-state index contributed by atoms with van der Waals surface area (Å²) in [5, 5.41) is 6.16. The average Bonchev–Trinajstić information content (AvgIpc) is 2.70. The lowest BCUT2D eigenvalue weighted by Crippen LogP contribution is -2.45. The van der Waals surface area contributed by atoms with E-state index >= 15 is 0 Å². The Bertz CT molecular complexity index is 785. The van der Waals surface area contributed by atoms with Gasteiger partial charge in [0.1, 0.15) is 19.3 Å². The summed E-state index contributed by atoms with van der Waals surface area (Å²) in [6.45, 7) is 2.84. The van der Waals surface area contributed by atoms with Crippen LogP contribution in [0.3, 0.4) is 0 Å². The standard InChI is InChI=1S/C19H20N2O4S.ClH/c22-19(17-12-20-6-7-23-17)21-14-10-15-16(25-9-8-24-15)11-18(14)26-13-4-2-1-3-5-13;/h1-5,10-11,17,20H,6-9,12H2,(H,21,22);1H. The van der Waals surface area contributed by atoms with Gasteiger partial charge in [0.05, 0.1) is 12.3 Å². The highest BCUT2D eigenvalue weighted by molar-refractivity contribution is 7.99. The first kappa shape index (κ1) is 19.8. The molecular formula is C19H21ClN2O4S. The molecule has 0 aliphatic carbocycles. The lowest BCUT2D eigenvalue weighted by Gasteiger charge is -2.24. The van der Waals surface area contributed by atoms with Crippen LogP contribution in [0.2, 0.25) is 0 Å². The number of rotatable bonds is 4. The van der Waals surface area contributed by atoms with Gasteiger partial charge in [-0.25, -0.2) is 0 Å². The van der Waals surface area contributed by atoms with Crippen LogP contribution in [-0.4, -0.2) is 44.9 Å². The van der Waals surface area contributed by atoms with Gasteiger partial charge in [-0.1, -0.05) is 30.0 Å². The highest BCUT2D eigenvalue weighted by atomic mass is 35.5. The minimum Gasteiger partial charge on any atom is -0.486 e. The van der Waals surface area contributed by atoms with Crippen LogP contribution in [-0.2, 0) is 9.53 Å². The van der Waals surface area contributed by atoms with E-state index in [9.17, 15) is 4.79 Å². The minimum absolute atomic E-state index is 0.